The van der Waals surface area contributed by atoms with Crippen LogP contribution in [0.4, 0.5) is 5.82 Å². The van der Waals surface area contributed by atoms with Crippen LogP contribution in [-0.4, -0.2) is 18.2 Å². The van der Waals surface area contributed by atoms with Gasteiger partial charge in [0.25, 0.3) is 10.0 Å². The SMILES string of the molecule is O=S(=O)(Nc1ccn(Cc2cccc3ccccc23)n1)c1cc(Cl)ccc1Cl. The predicted molar refractivity (Wildman–Crippen MR) is 113 cm³/mol. The molecular weight excluding hydrogens is 417 g/mol. The second-order valence-corrected chi connectivity index (χ2v) is 8.71. The molecular formula is C20H15Cl2N3O2S. The highest BCUT2D eigenvalue weighted by atomic mass is 35.5. The summed E-state index contributed by atoms with van der Waals surface area (Å²) in [5, 5.41) is 6.97. The maximum absolute atomic E-state index is 12.6. The molecule has 1 aromatic heterocycles. The number of fused-ring (bicyclic) bond motifs is 1. The molecule has 0 fully saturated rings. The summed E-state index contributed by atoms with van der Waals surface area (Å²) >= 11 is 11.9. The van der Waals surface area contributed by atoms with Crippen molar-refractivity contribution in [3.63, 3.8) is 0 Å². The summed E-state index contributed by atoms with van der Waals surface area (Å²) in [5.41, 5.74) is 1.09. The fourth-order valence-corrected chi connectivity index (χ4v) is 4.74. The van der Waals surface area contributed by atoms with E-state index in [1.165, 1.54) is 18.2 Å². The molecule has 0 saturated carbocycles. The van der Waals surface area contributed by atoms with Gasteiger partial charge in [-0.25, -0.2) is 8.42 Å². The normalized spacial score (nSPS) is 11.6. The van der Waals surface area contributed by atoms with Gasteiger partial charge in [0.2, 0.25) is 0 Å². The van der Waals surface area contributed by atoms with E-state index in [0.717, 1.165) is 16.3 Å². The van der Waals surface area contributed by atoms with E-state index in [0.29, 0.717) is 6.54 Å². The number of hydrogen-bond donors (Lipinski definition) is 1. The molecule has 0 radical (unpaired) electrons. The molecule has 0 atom stereocenters. The van der Waals surface area contributed by atoms with Gasteiger partial charge in [0.15, 0.2) is 5.82 Å². The Labute approximate surface area is 172 Å². The minimum atomic E-state index is -3.90. The van der Waals surface area contributed by atoms with Crippen LogP contribution in [0, 0.1) is 0 Å². The molecule has 0 aliphatic heterocycles. The van der Waals surface area contributed by atoms with E-state index in [-0.39, 0.29) is 20.8 Å². The molecule has 4 rings (SSSR count). The third-order valence-corrected chi connectivity index (χ3v) is 6.35. The fraction of sp³-hybridized carbons (Fsp3) is 0.0500. The van der Waals surface area contributed by atoms with Crippen LogP contribution in [0.5, 0.6) is 0 Å². The smallest absolute Gasteiger partial charge is 0.264 e. The third kappa shape index (κ3) is 3.85. The summed E-state index contributed by atoms with van der Waals surface area (Å²) in [4.78, 5) is -0.0923. The fourth-order valence-electron chi connectivity index (χ4n) is 2.98. The van der Waals surface area contributed by atoms with Crippen molar-refractivity contribution in [1.82, 2.24) is 9.78 Å². The molecule has 5 nitrogen and oxygen atoms in total. The zero-order chi connectivity index (χ0) is 19.7. The molecule has 0 aliphatic carbocycles. The highest BCUT2D eigenvalue weighted by Crippen LogP contribution is 2.26. The molecule has 1 N–H and O–H groups in total. The van der Waals surface area contributed by atoms with Crippen LogP contribution in [0.25, 0.3) is 10.8 Å². The van der Waals surface area contributed by atoms with E-state index in [1.807, 2.05) is 24.3 Å². The molecule has 0 aliphatic rings. The van der Waals surface area contributed by atoms with Gasteiger partial charge in [0.1, 0.15) is 4.90 Å². The minimum Gasteiger partial charge on any atom is -0.266 e. The van der Waals surface area contributed by atoms with Crippen LogP contribution < -0.4 is 4.72 Å². The van der Waals surface area contributed by atoms with Crippen LogP contribution >= 0.6 is 23.2 Å². The number of rotatable bonds is 5. The van der Waals surface area contributed by atoms with Crippen molar-refractivity contribution in [2.75, 3.05) is 4.72 Å². The van der Waals surface area contributed by atoms with Gasteiger partial charge in [-0.2, -0.15) is 5.10 Å². The zero-order valence-corrected chi connectivity index (χ0v) is 16.8. The molecule has 142 valence electrons. The average Bonchev–Trinajstić information content (AvgIpc) is 3.10. The summed E-state index contributed by atoms with van der Waals surface area (Å²) in [6.45, 7) is 0.515. The van der Waals surface area contributed by atoms with Crippen LogP contribution in [-0.2, 0) is 16.6 Å². The van der Waals surface area contributed by atoms with Crippen LogP contribution in [0.1, 0.15) is 5.56 Å². The number of nitrogens with zero attached hydrogens (tertiary/aromatic N) is 2. The second kappa shape index (κ2) is 7.47. The van der Waals surface area contributed by atoms with E-state index in [4.69, 9.17) is 23.2 Å². The van der Waals surface area contributed by atoms with Gasteiger partial charge in [-0.1, -0.05) is 65.7 Å². The Hall–Kier alpha value is -2.54. The van der Waals surface area contributed by atoms with E-state index in [1.54, 1.807) is 16.9 Å². The first kappa shape index (κ1) is 18.8. The van der Waals surface area contributed by atoms with Crippen molar-refractivity contribution in [3.05, 3.63) is 88.5 Å². The summed E-state index contributed by atoms with van der Waals surface area (Å²) < 4.78 is 29.4. The van der Waals surface area contributed by atoms with Crippen molar-refractivity contribution in [1.29, 1.82) is 0 Å². The lowest BCUT2D eigenvalue weighted by molar-refractivity contribution is 0.600. The Bertz CT molecular complexity index is 1260. The van der Waals surface area contributed by atoms with E-state index >= 15 is 0 Å². The highest BCUT2D eigenvalue weighted by Gasteiger charge is 2.19. The topological polar surface area (TPSA) is 64.0 Å². The third-order valence-electron chi connectivity index (χ3n) is 4.27. The molecule has 28 heavy (non-hydrogen) atoms. The maximum atomic E-state index is 12.6. The van der Waals surface area contributed by atoms with Gasteiger partial charge in [-0.05, 0) is 34.5 Å². The molecule has 0 amide bonds. The second-order valence-electron chi connectivity index (χ2n) is 6.22. The summed E-state index contributed by atoms with van der Waals surface area (Å²) in [6, 6.07) is 20.0. The van der Waals surface area contributed by atoms with Crippen LogP contribution in [0.2, 0.25) is 10.0 Å². The Morgan fingerprint density at radius 1 is 0.964 bits per heavy atom. The molecule has 0 spiro atoms. The first-order chi connectivity index (χ1) is 13.4. The number of benzene rings is 3. The van der Waals surface area contributed by atoms with Gasteiger partial charge >= 0.3 is 0 Å². The zero-order valence-electron chi connectivity index (χ0n) is 14.5. The number of halogens is 2. The lowest BCUT2D eigenvalue weighted by Crippen LogP contribution is -2.14. The van der Waals surface area contributed by atoms with E-state index < -0.39 is 10.0 Å². The quantitative estimate of drug-likeness (QED) is 0.472. The summed E-state index contributed by atoms with van der Waals surface area (Å²) in [5.74, 6) is 0.205. The summed E-state index contributed by atoms with van der Waals surface area (Å²) in [6.07, 6.45) is 1.72. The number of aromatic nitrogens is 2. The maximum Gasteiger partial charge on any atom is 0.264 e. The van der Waals surface area contributed by atoms with E-state index in [9.17, 15) is 8.42 Å². The molecule has 8 heteroatoms. The molecule has 0 saturated heterocycles. The van der Waals surface area contributed by atoms with E-state index in [2.05, 4.69) is 28.0 Å². The van der Waals surface area contributed by atoms with Crippen molar-refractivity contribution >= 4 is 49.8 Å². The molecule has 4 aromatic rings. The van der Waals surface area contributed by atoms with Crippen molar-refractivity contribution in [3.8, 4) is 0 Å². The van der Waals surface area contributed by atoms with Gasteiger partial charge < -0.3 is 0 Å². The Kier molecular flexibility index (Phi) is 5.02. The molecule has 3 aromatic carbocycles. The van der Waals surface area contributed by atoms with Crippen molar-refractivity contribution in [2.45, 2.75) is 11.4 Å². The lowest BCUT2D eigenvalue weighted by Gasteiger charge is -2.08. The van der Waals surface area contributed by atoms with Crippen LogP contribution in [0.15, 0.2) is 77.8 Å². The predicted octanol–water partition coefficient (Wildman–Crippen LogP) is 5.19. The van der Waals surface area contributed by atoms with Gasteiger partial charge in [-0.3, -0.25) is 9.40 Å². The Morgan fingerprint density at radius 3 is 2.61 bits per heavy atom. The average molecular weight is 432 g/mol. The number of anilines is 1. The van der Waals surface area contributed by atoms with Crippen molar-refractivity contribution < 1.29 is 8.42 Å². The Morgan fingerprint density at radius 2 is 1.75 bits per heavy atom. The molecule has 1 heterocycles. The minimum absolute atomic E-state index is 0.0899. The largest absolute Gasteiger partial charge is 0.266 e. The first-order valence-corrected chi connectivity index (χ1v) is 10.6. The Balaban J connectivity index is 1.58. The highest BCUT2D eigenvalue weighted by molar-refractivity contribution is 7.92. The van der Waals surface area contributed by atoms with Gasteiger partial charge in [0.05, 0.1) is 11.6 Å². The molecule has 0 unspecified atom stereocenters. The number of sulfonamides is 1. The lowest BCUT2D eigenvalue weighted by atomic mass is 10.0. The summed E-state index contributed by atoms with van der Waals surface area (Å²) in [7, 11) is -3.90. The number of nitrogens with one attached hydrogen (secondary N) is 1. The van der Waals surface area contributed by atoms with Gasteiger partial charge in [0, 0.05) is 17.3 Å². The molecule has 0 bridgehead atoms. The first-order valence-electron chi connectivity index (χ1n) is 8.40. The standard InChI is InChI=1S/C20H15Cl2N3O2S/c21-16-8-9-18(22)19(12-16)28(26,27)24-20-10-11-25(23-20)13-15-6-3-5-14-4-1-2-7-17(14)15/h1-12H,13H2,(H,23,24). The monoisotopic (exact) mass is 431 g/mol. The van der Waals surface area contributed by atoms with Crippen LogP contribution in [0.3, 0.4) is 0 Å². The number of hydrogen-bond acceptors (Lipinski definition) is 3. The van der Waals surface area contributed by atoms with Crippen molar-refractivity contribution in [2.24, 2.45) is 0 Å². The van der Waals surface area contributed by atoms with Gasteiger partial charge in [-0.15, -0.1) is 0 Å².